The van der Waals surface area contributed by atoms with Gasteiger partial charge in [-0.1, -0.05) is 0 Å². The first kappa shape index (κ1) is 12.1. The molecule has 1 saturated heterocycles. The van der Waals surface area contributed by atoms with Crippen LogP contribution in [-0.2, 0) is 19.1 Å². The maximum absolute atomic E-state index is 11.5. The summed E-state index contributed by atoms with van der Waals surface area (Å²) in [5.41, 5.74) is 0. The van der Waals surface area contributed by atoms with E-state index in [1.807, 2.05) is 0 Å². The van der Waals surface area contributed by atoms with Gasteiger partial charge >= 0.3 is 5.97 Å². The predicted octanol–water partition coefficient (Wildman–Crippen LogP) is -1.37. The summed E-state index contributed by atoms with van der Waals surface area (Å²) in [6.07, 6.45) is -4.28. The zero-order valence-electron chi connectivity index (χ0n) is 8.54. The minimum Gasteiger partial charge on any atom is -0.449 e. The summed E-state index contributed by atoms with van der Waals surface area (Å²) in [5, 5.41) is 17.8. The van der Waals surface area contributed by atoms with E-state index in [1.165, 1.54) is 0 Å². The Balaban J connectivity index is 2.70. The third kappa shape index (κ3) is 2.53. The summed E-state index contributed by atoms with van der Waals surface area (Å²) in [5.74, 6) is -1.46. The van der Waals surface area contributed by atoms with Crippen LogP contribution in [0.25, 0.3) is 0 Å². The number of ketones is 1. The third-order valence-electron chi connectivity index (χ3n) is 1.94. The maximum Gasteiger partial charge on any atom is 0.344 e. The van der Waals surface area contributed by atoms with Crippen molar-refractivity contribution in [1.82, 2.24) is 0 Å². The van der Waals surface area contributed by atoms with Gasteiger partial charge in [-0.05, 0) is 13.8 Å². The topological polar surface area (TPSA) is 93.1 Å². The molecule has 0 amide bonds. The van der Waals surface area contributed by atoms with Gasteiger partial charge in [0, 0.05) is 0 Å². The average Bonchev–Trinajstić information content (AvgIpc) is 2.44. The van der Waals surface area contributed by atoms with E-state index in [0.717, 1.165) is 0 Å². The van der Waals surface area contributed by atoms with E-state index in [1.54, 1.807) is 13.8 Å². The van der Waals surface area contributed by atoms with Crippen molar-refractivity contribution in [3.05, 3.63) is 0 Å². The zero-order valence-corrected chi connectivity index (χ0v) is 8.54. The van der Waals surface area contributed by atoms with Crippen molar-refractivity contribution >= 4 is 11.8 Å². The molecule has 6 heteroatoms. The van der Waals surface area contributed by atoms with Gasteiger partial charge in [-0.25, -0.2) is 4.79 Å². The van der Waals surface area contributed by atoms with Gasteiger partial charge in [0.1, 0.15) is 6.10 Å². The third-order valence-corrected chi connectivity index (χ3v) is 1.94. The maximum atomic E-state index is 11.5. The second kappa shape index (κ2) is 4.69. The lowest BCUT2D eigenvalue weighted by Crippen LogP contribution is -2.38. The van der Waals surface area contributed by atoms with Crippen LogP contribution in [0.2, 0.25) is 0 Å². The number of esters is 1. The summed E-state index contributed by atoms with van der Waals surface area (Å²) in [7, 11) is 0. The fraction of sp³-hybridized carbons (Fsp3) is 0.778. The molecule has 0 spiro atoms. The van der Waals surface area contributed by atoms with Crippen LogP contribution in [0.15, 0.2) is 0 Å². The fourth-order valence-corrected chi connectivity index (χ4v) is 1.27. The molecule has 86 valence electrons. The number of rotatable bonds is 4. The molecule has 0 aromatic carbocycles. The van der Waals surface area contributed by atoms with Crippen molar-refractivity contribution in [3.63, 3.8) is 0 Å². The highest BCUT2D eigenvalue weighted by Gasteiger charge is 2.47. The Morgan fingerprint density at radius 3 is 2.53 bits per heavy atom. The lowest BCUT2D eigenvalue weighted by molar-refractivity contribution is -0.154. The normalized spacial score (nSPS) is 28.3. The number of Topliss-reactive ketones (excluding diaryl/α,β-unsaturated/α-hetero) is 1. The minimum absolute atomic E-state index is 0.295. The van der Waals surface area contributed by atoms with E-state index in [2.05, 4.69) is 4.74 Å². The highest BCUT2D eigenvalue weighted by Crippen LogP contribution is 2.18. The SMILES string of the molecule is CC(C)OC1C(=O)O[C@H]([C@@H](O)CO)C1=O. The Hall–Kier alpha value is -0.980. The highest BCUT2D eigenvalue weighted by molar-refractivity contribution is 6.09. The molecule has 0 aromatic rings. The highest BCUT2D eigenvalue weighted by atomic mass is 16.6. The molecule has 0 aliphatic carbocycles. The molecule has 1 aliphatic heterocycles. The number of carbonyl (C=O) groups is 2. The Kier molecular flexibility index (Phi) is 3.78. The number of aliphatic hydroxyl groups excluding tert-OH is 2. The summed E-state index contributed by atoms with van der Waals surface area (Å²) in [6.45, 7) is 2.71. The lowest BCUT2D eigenvalue weighted by Gasteiger charge is -2.12. The van der Waals surface area contributed by atoms with Crippen LogP contribution >= 0.6 is 0 Å². The number of hydrogen-bond acceptors (Lipinski definition) is 6. The summed E-state index contributed by atoms with van der Waals surface area (Å²) >= 11 is 0. The molecule has 0 radical (unpaired) electrons. The molecular formula is C9H14O6. The standard InChI is InChI=1S/C9H14O6/c1-4(2)14-8-6(12)7(5(11)3-10)15-9(8)13/h4-5,7-8,10-11H,3H2,1-2H3/t5-,7+,8?/m0/s1. The first-order valence-corrected chi connectivity index (χ1v) is 4.66. The Morgan fingerprint density at radius 1 is 1.47 bits per heavy atom. The van der Waals surface area contributed by atoms with E-state index in [-0.39, 0.29) is 6.10 Å². The van der Waals surface area contributed by atoms with E-state index in [4.69, 9.17) is 9.84 Å². The zero-order chi connectivity index (χ0) is 11.6. The molecule has 1 aliphatic rings. The van der Waals surface area contributed by atoms with E-state index in [0.29, 0.717) is 0 Å². The number of aliphatic hydroxyl groups is 2. The van der Waals surface area contributed by atoms with Crippen LogP contribution in [0.4, 0.5) is 0 Å². The van der Waals surface area contributed by atoms with Crippen LogP contribution in [-0.4, -0.2) is 53.0 Å². The van der Waals surface area contributed by atoms with Crippen molar-refractivity contribution < 1.29 is 29.3 Å². The fourth-order valence-electron chi connectivity index (χ4n) is 1.27. The number of hydrogen-bond donors (Lipinski definition) is 2. The van der Waals surface area contributed by atoms with Crippen molar-refractivity contribution in [1.29, 1.82) is 0 Å². The summed E-state index contributed by atoms with van der Waals surface area (Å²) in [4.78, 5) is 22.7. The molecule has 2 N–H and O–H groups in total. The number of ether oxygens (including phenoxy) is 2. The molecule has 0 bridgehead atoms. The molecule has 1 rings (SSSR count). The summed E-state index contributed by atoms with van der Waals surface area (Å²) in [6, 6.07) is 0. The van der Waals surface area contributed by atoms with Gasteiger partial charge in [0.25, 0.3) is 0 Å². The smallest absolute Gasteiger partial charge is 0.344 e. The summed E-state index contributed by atoms with van der Waals surface area (Å²) < 4.78 is 9.66. The number of carbonyl (C=O) groups excluding carboxylic acids is 2. The van der Waals surface area contributed by atoms with E-state index in [9.17, 15) is 14.7 Å². The molecule has 1 heterocycles. The molecule has 0 aromatic heterocycles. The van der Waals surface area contributed by atoms with Gasteiger partial charge in [-0.15, -0.1) is 0 Å². The van der Waals surface area contributed by atoms with Crippen molar-refractivity contribution in [2.24, 2.45) is 0 Å². The monoisotopic (exact) mass is 218 g/mol. The molecular weight excluding hydrogens is 204 g/mol. The molecule has 1 unspecified atom stereocenters. The van der Waals surface area contributed by atoms with E-state index >= 15 is 0 Å². The first-order valence-electron chi connectivity index (χ1n) is 4.66. The quantitative estimate of drug-likeness (QED) is 0.446. The second-order valence-corrected chi connectivity index (χ2v) is 3.57. The molecule has 6 nitrogen and oxygen atoms in total. The van der Waals surface area contributed by atoms with Crippen molar-refractivity contribution in [2.75, 3.05) is 6.61 Å². The average molecular weight is 218 g/mol. The number of cyclic esters (lactones) is 1. The second-order valence-electron chi connectivity index (χ2n) is 3.57. The molecule has 0 saturated carbocycles. The van der Waals surface area contributed by atoms with E-state index < -0.39 is 36.7 Å². The van der Waals surface area contributed by atoms with Gasteiger partial charge in [-0.3, -0.25) is 4.79 Å². The Labute approximate surface area is 86.8 Å². The molecule has 15 heavy (non-hydrogen) atoms. The largest absolute Gasteiger partial charge is 0.449 e. The van der Waals surface area contributed by atoms with Gasteiger partial charge in [0.2, 0.25) is 11.9 Å². The van der Waals surface area contributed by atoms with Crippen molar-refractivity contribution in [3.8, 4) is 0 Å². The first-order chi connectivity index (χ1) is 6.97. The van der Waals surface area contributed by atoms with Gasteiger partial charge < -0.3 is 19.7 Å². The van der Waals surface area contributed by atoms with Crippen molar-refractivity contribution in [2.45, 2.75) is 38.3 Å². The molecule has 3 atom stereocenters. The van der Waals surface area contributed by atoms with Crippen LogP contribution < -0.4 is 0 Å². The minimum atomic E-state index is -1.39. The lowest BCUT2D eigenvalue weighted by atomic mass is 10.1. The Morgan fingerprint density at radius 2 is 2.07 bits per heavy atom. The molecule has 1 fully saturated rings. The van der Waals surface area contributed by atoms with Crippen LogP contribution in [0.1, 0.15) is 13.8 Å². The van der Waals surface area contributed by atoms with Crippen LogP contribution in [0, 0.1) is 0 Å². The van der Waals surface area contributed by atoms with Gasteiger partial charge in [0.15, 0.2) is 6.10 Å². The van der Waals surface area contributed by atoms with Crippen LogP contribution in [0.5, 0.6) is 0 Å². The Bertz CT molecular complexity index is 261. The predicted molar refractivity (Wildman–Crippen MR) is 48.0 cm³/mol. The van der Waals surface area contributed by atoms with Gasteiger partial charge in [0.05, 0.1) is 12.7 Å². The van der Waals surface area contributed by atoms with Crippen LogP contribution in [0.3, 0.4) is 0 Å². The van der Waals surface area contributed by atoms with Gasteiger partial charge in [-0.2, -0.15) is 0 Å².